The maximum absolute atomic E-state index is 12.9. The zero-order valence-electron chi connectivity index (χ0n) is 26.3. The number of anilines is 2. The monoisotopic (exact) mass is 626 g/mol. The van der Waals surface area contributed by atoms with Crippen LogP contribution in [-0.2, 0) is 22.7 Å². The van der Waals surface area contributed by atoms with Gasteiger partial charge in [-0.05, 0) is 49.9 Å². The standard InChI is InChI=1S/C36H42N4O6/c41-31-21-26-37(22-13-5-1-2-6-14-23-38-29-19-11-9-17-27(29)32(42)34(38)44)36(46)40(31)25-16-8-4-3-7-15-24-39-30-20-12-10-18-28(30)33(43)35(39)45/h9-12,17-21,26H,1-8,13-16,22-25H2. The van der Waals surface area contributed by atoms with Crippen molar-refractivity contribution in [1.82, 2.24) is 9.13 Å². The largest absolute Gasteiger partial charge is 0.330 e. The molecule has 2 amide bonds. The predicted octanol–water partition coefficient (Wildman–Crippen LogP) is 5.15. The Bertz CT molecular complexity index is 1710. The molecule has 0 fully saturated rings. The van der Waals surface area contributed by atoms with E-state index in [1.165, 1.54) is 10.6 Å². The van der Waals surface area contributed by atoms with Gasteiger partial charge in [-0.2, -0.15) is 0 Å². The maximum Gasteiger partial charge on any atom is 0.330 e. The maximum atomic E-state index is 12.9. The average Bonchev–Trinajstić information content (AvgIpc) is 3.45. The van der Waals surface area contributed by atoms with Crippen molar-refractivity contribution in [2.24, 2.45) is 0 Å². The van der Waals surface area contributed by atoms with Crippen molar-refractivity contribution < 1.29 is 19.2 Å². The van der Waals surface area contributed by atoms with E-state index in [0.717, 1.165) is 77.0 Å². The number of carbonyl (C=O) groups is 4. The van der Waals surface area contributed by atoms with Crippen molar-refractivity contribution in [2.45, 2.75) is 90.1 Å². The molecule has 2 aliphatic heterocycles. The topological polar surface area (TPSA) is 119 Å². The van der Waals surface area contributed by atoms with E-state index in [-0.39, 0.29) is 11.2 Å². The molecule has 0 N–H and O–H groups in total. The van der Waals surface area contributed by atoms with Crippen LogP contribution in [0.2, 0.25) is 0 Å². The Hall–Kier alpha value is -4.60. The van der Waals surface area contributed by atoms with Crippen LogP contribution < -0.4 is 21.0 Å². The number of amides is 2. The van der Waals surface area contributed by atoms with E-state index in [1.54, 1.807) is 44.8 Å². The highest BCUT2D eigenvalue weighted by Gasteiger charge is 2.35. The molecule has 1 aromatic heterocycles. The van der Waals surface area contributed by atoms with E-state index in [4.69, 9.17) is 0 Å². The summed E-state index contributed by atoms with van der Waals surface area (Å²) in [7, 11) is 0. The smallest absolute Gasteiger partial charge is 0.305 e. The van der Waals surface area contributed by atoms with Crippen LogP contribution in [0.3, 0.4) is 0 Å². The Balaban J connectivity index is 0.934. The molecule has 0 radical (unpaired) electrons. The van der Waals surface area contributed by atoms with Gasteiger partial charge in [-0.1, -0.05) is 75.6 Å². The molecule has 2 aromatic carbocycles. The summed E-state index contributed by atoms with van der Waals surface area (Å²) in [6, 6.07) is 15.7. The Labute approximate surface area is 268 Å². The van der Waals surface area contributed by atoms with Crippen LogP contribution in [0.15, 0.2) is 70.4 Å². The van der Waals surface area contributed by atoms with E-state index < -0.39 is 23.4 Å². The van der Waals surface area contributed by atoms with Crippen molar-refractivity contribution in [3.05, 3.63) is 92.8 Å². The van der Waals surface area contributed by atoms with E-state index >= 15 is 0 Å². The SMILES string of the molecule is O=C1C(=O)N(CCCCCCCCn2ccc(=O)n(CCCCCCCCN3C(=O)C(=O)c4ccccc43)c2=O)c2ccccc21. The third-order valence-electron chi connectivity index (χ3n) is 8.94. The Morgan fingerprint density at radius 3 is 1.35 bits per heavy atom. The van der Waals surface area contributed by atoms with Crippen molar-refractivity contribution in [1.29, 1.82) is 0 Å². The molecule has 10 heteroatoms. The number of hydrogen-bond acceptors (Lipinski definition) is 6. The molecule has 0 saturated carbocycles. The van der Waals surface area contributed by atoms with Gasteiger partial charge in [0.25, 0.3) is 28.9 Å². The summed E-state index contributed by atoms with van der Waals surface area (Å²) >= 11 is 0. The quantitative estimate of drug-likeness (QED) is 0.142. The highest BCUT2D eigenvalue weighted by atomic mass is 16.2. The Kier molecular flexibility index (Phi) is 11.1. The number of para-hydroxylation sites is 2. The molecule has 46 heavy (non-hydrogen) atoms. The summed E-state index contributed by atoms with van der Waals surface area (Å²) in [6.45, 7) is 2.03. The normalized spacial score (nSPS) is 14.0. The molecule has 0 atom stereocenters. The minimum absolute atomic E-state index is 0.261. The number of rotatable bonds is 18. The fourth-order valence-electron chi connectivity index (χ4n) is 6.38. The van der Waals surface area contributed by atoms with Gasteiger partial charge in [0.05, 0.1) is 22.5 Å². The highest BCUT2D eigenvalue weighted by Crippen LogP contribution is 2.30. The molecular formula is C36H42N4O6. The predicted molar refractivity (Wildman–Crippen MR) is 177 cm³/mol. The molecule has 2 aliphatic rings. The summed E-state index contributed by atoms with van der Waals surface area (Å²) in [5, 5.41) is 0. The number of Topliss-reactive ketones (excluding diaryl/α,β-unsaturated/α-hetero) is 2. The highest BCUT2D eigenvalue weighted by molar-refractivity contribution is 6.52. The molecular weight excluding hydrogens is 584 g/mol. The first-order valence-corrected chi connectivity index (χ1v) is 16.6. The molecule has 0 unspecified atom stereocenters. The lowest BCUT2D eigenvalue weighted by Crippen LogP contribution is -2.39. The summed E-state index contributed by atoms with van der Waals surface area (Å²) in [4.78, 5) is 77.3. The third-order valence-corrected chi connectivity index (χ3v) is 8.94. The minimum Gasteiger partial charge on any atom is -0.305 e. The van der Waals surface area contributed by atoms with E-state index in [2.05, 4.69) is 0 Å². The van der Waals surface area contributed by atoms with Crippen LogP contribution in [0, 0.1) is 0 Å². The second-order valence-electron chi connectivity index (χ2n) is 12.1. The number of ketones is 2. The Morgan fingerprint density at radius 1 is 0.435 bits per heavy atom. The number of hydrogen-bond donors (Lipinski definition) is 0. The molecule has 10 nitrogen and oxygen atoms in total. The van der Waals surface area contributed by atoms with Crippen molar-refractivity contribution in [3.8, 4) is 0 Å². The van der Waals surface area contributed by atoms with Gasteiger partial charge in [0.15, 0.2) is 0 Å². The number of aromatic nitrogens is 2. The first-order valence-electron chi connectivity index (χ1n) is 16.6. The molecule has 5 rings (SSSR count). The van der Waals surface area contributed by atoms with Crippen LogP contribution in [-0.4, -0.2) is 45.6 Å². The van der Waals surface area contributed by atoms with Gasteiger partial charge in [-0.15, -0.1) is 0 Å². The number of aryl methyl sites for hydroxylation is 1. The lowest BCUT2D eigenvalue weighted by molar-refractivity contribution is -0.114. The molecule has 0 saturated heterocycles. The molecule has 0 bridgehead atoms. The van der Waals surface area contributed by atoms with Crippen LogP contribution >= 0.6 is 0 Å². The number of unbranched alkanes of at least 4 members (excludes halogenated alkanes) is 10. The fraction of sp³-hybridized carbons (Fsp3) is 0.444. The number of benzene rings is 2. The summed E-state index contributed by atoms with van der Waals surface area (Å²) in [6.07, 6.45) is 12.5. The average molecular weight is 627 g/mol. The number of carbonyl (C=O) groups excluding carboxylic acids is 4. The van der Waals surface area contributed by atoms with E-state index in [1.807, 2.05) is 24.3 Å². The molecule has 242 valence electrons. The minimum atomic E-state index is -0.449. The number of fused-ring (bicyclic) bond motifs is 2. The lowest BCUT2D eigenvalue weighted by atomic mass is 10.1. The third kappa shape index (κ3) is 7.43. The van der Waals surface area contributed by atoms with E-state index in [9.17, 15) is 28.8 Å². The second kappa shape index (κ2) is 15.6. The van der Waals surface area contributed by atoms with Crippen molar-refractivity contribution >= 4 is 34.8 Å². The fourth-order valence-corrected chi connectivity index (χ4v) is 6.38. The van der Waals surface area contributed by atoms with Gasteiger partial charge in [0, 0.05) is 38.4 Å². The van der Waals surface area contributed by atoms with Gasteiger partial charge in [0.2, 0.25) is 0 Å². The molecule has 0 aliphatic carbocycles. The summed E-state index contributed by atoms with van der Waals surface area (Å²) < 4.78 is 2.95. The van der Waals surface area contributed by atoms with Crippen LogP contribution in [0.25, 0.3) is 0 Å². The zero-order chi connectivity index (χ0) is 32.5. The second-order valence-corrected chi connectivity index (χ2v) is 12.1. The number of nitrogens with zero attached hydrogens (tertiary/aromatic N) is 4. The van der Waals surface area contributed by atoms with Gasteiger partial charge < -0.3 is 14.4 Å². The van der Waals surface area contributed by atoms with Gasteiger partial charge in [0.1, 0.15) is 0 Å². The van der Waals surface area contributed by atoms with E-state index in [0.29, 0.717) is 48.7 Å². The molecule has 3 heterocycles. The van der Waals surface area contributed by atoms with Gasteiger partial charge in [-0.3, -0.25) is 28.5 Å². The summed E-state index contributed by atoms with van der Waals surface area (Å²) in [5.74, 6) is -1.75. The van der Waals surface area contributed by atoms with Crippen LogP contribution in [0.4, 0.5) is 11.4 Å². The van der Waals surface area contributed by atoms with Gasteiger partial charge in [-0.25, -0.2) is 4.79 Å². The lowest BCUT2D eigenvalue weighted by Gasteiger charge is -2.16. The molecule has 3 aromatic rings. The Morgan fingerprint density at radius 2 is 0.848 bits per heavy atom. The molecule has 0 spiro atoms. The van der Waals surface area contributed by atoms with Crippen LogP contribution in [0.5, 0.6) is 0 Å². The van der Waals surface area contributed by atoms with Crippen LogP contribution in [0.1, 0.15) is 97.8 Å². The zero-order valence-corrected chi connectivity index (χ0v) is 26.3. The van der Waals surface area contributed by atoms with Gasteiger partial charge >= 0.3 is 5.69 Å². The first kappa shape index (κ1) is 32.8. The summed E-state index contributed by atoms with van der Waals surface area (Å²) in [5.41, 5.74) is 1.85. The van der Waals surface area contributed by atoms with Crippen molar-refractivity contribution in [3.63, 3.8) is 0 Å². The first-order chi connectivity index (χ1) is 22.4. The van der Waals surface area contributed by atoms with Crippen molar-refractivity contribution in [2.75, 3.05) is 22.9 Å².